The highest BCUT2D eigenvalue weighted by atomic mass is 19.1. The lowest BCUT2D eigenvalue weighted by molar-refractivity contribution is 0.122. The highest BCUT2D eigenvalue weighted by Crippen LogP contribution is 2.43. The summed E-state index contributed by atoms with van der Waals surface area (Å²) in [5.41, 5.74) is 13.3. The maximum Gasteiger partial charge on any atom is 0.220 e. The molecule has 1 saturated heterocycles. The fraction of sp³-hybridized carbons (Fsp3) is 0.556. The predicted octanol–water partition coefficient (Wildman–Crippen LogP) is 1.77. The number of hydrogen-bond donors (Lipinski definition) is 2. The summed E-state index contributed by atoms with van der Waals surface area (Å²) in [6, 6.07) is 4.82. The number of rotatable bonds is 2. The fourth-order valence-corrected chi connectivity index (χ4v) is 4.22. The van der Waals surface area contributed by atoms with Crippen molar-refractivity contribution < 1.29 is 9.13 Å². The minimum atomic E-state index is -0.580. The van der Waals surface area contributed by atoms with Gasteiger partial charge < -0.3 is 21.1 Å². The van der Waals surface area contributed by atoms with Gasteiger partial charge in [-0.3, -0.25) is 4.90 Å². The summed E-state index contributed by atoms with van der Waals surface area (Å²) >= 11 is 0. The second-order valence-corrected chi connectivity index (χ2v) is 7.05. The number of guanidine groups is 2. The molecule has 1 spiro atoms. The van der Waals surface area contributed by atoms with E-state index in [0.717, 1.165) is 50.9 Å². The van der Waals surface area contributed by atoms with Gasteiger partial charge in [-0.1, -0.05) is 6.42 Å². The van der Waals surface area contributed by atoms with E-state index in [1.54, 1.807) is 0 Å². The minimum Gasteiger partial charge on any atom is -0.378 e. The van der Waals surface area contributed by atoms with Crippen molar-refractivity contribution in [3.8, 4) is 0 Å². The average Bonchev–Trinajstić information content (AvgIpc) is 2.62. The predicted molar refractivity (Wildman–Crippen MR) is 101 cm³/mol. The van der Waals surface area contributed by atoms with Crippen LogP contribution in [-0.4, -0.2) is 43.9 Å². The average molecular weight is 360 g/mol. The molecule has 0 radical (unpaired) electrons. The van der Waals surface area contributed by atoms with Gasteiger partial charge >= 0.3 is 0 Å². The summed E-state index contributed by atoms with van der Waals surface area (Å²) < 4.78 is 19.7. The molecule has 2 aliphatic heterocycles. The molecule has 26 heavy (non-hydrogen) atoms. The first-order valence-corrected chi connectivity index (χ1v) is 9.21. The van der Waals surface area contributed by atoms with Crippen LogP contribution >= 0.6 is 0 Å². The second kappa shape index (κ2) is 6.75. The molecule has 1 aliphatic carbocycles. The highest BCUT2D eigenvalue weighted by Gasteiger charge is 2.43. The number of halogens is 1. The van der Waals surface area contributed by atoms with Gasteiger partial charge in [0.25, 0.3) is 0 Å². The zero-order valence-corrected chi connectivity index (χ0v) is 14.8. The Hall–Kier alpha value is -2.35. The van der Waals surface area contributed by atoms with E-state index in [1.165, 1.54) is 12.1 Å². The highest BCUT2D eigenvalue weighted by molar-refractivity contribution is 6.07. The molecule has 1 saturated carbocycles. The Labute approximate surface area is 152 Å². The molecule has 0 bridgehead atoms. The van der Waals surface area contributed by atoms with Gasteiger partial charge in [0, 0.05) is 13.1 Å². The molecule has 0 amide bonds. The van der Waals surface area contributed by atoms with E-state index in [-0.39, 0.29) is 17.7 Å². The summed E-state index contributed by atoms with van der Waals surface area (Å²) in [6.07, 6.45) is 4.86. The van der Waals surface area contributed by atoms with E-state index in [1.807, 2.05) is 11.0 Å². The summed E-state index contributed by atoms with van der Waals surface area (Å²) in [7, 11) is 0. The Morgan fingerprint density at radius 2 is 1.77 bits per heavy atom. The van der Waals surface area contributed by atoms with Gasteiger partial charge in [0.2, 0.25) is 11.9 Å². The molecule has 1 aromatic rings. The molecule has 3 aliphatic rings. The maximum absolute atomic E-state index is 14.2. The minimum absolute atomic E-state index is 0.199. The number of hydrogen-bond acceptors (Lipinski definition) is 7. The van der Waals surface area contributed by atoms with Crippen LogP contribution in [0.25, 0.3) is 0 Å². The molecule has 8 heteroatoms. The third kappa shape index (κ3) is 2.98. The lowest BCUT2D eigenvalue weighted by Gasteiger charge is -2.47. The summed E-state index contributed by atoms with van der Waals surface area (Å²) in [4.78, 5) is 13.0. The van der Waals surface area contributed by atoms with E-state index in [0.29, 0.717) is 18.9 Å². The van der Waals surface area contributed by atoms with Crippen LogP contribution in [0.15, 0.2) is 28.2 Å². The van der Waals surface area contributed by atoms with Crippen LogP contribution < -0.4 is 21.3 Å². The maximum atomic E-state index is 14.2. The smallest absolute Gasteiger partial charge is 0.220 e. The van der Waals surface area contributed by atoms with E-state index in [2.05, 4.69) is 14.9 Å². The van der Waals surface area contributed by atoms with Crippen molar-refractivity contribution >= 4 is 23.3 Å². The zero-order valence-electron chi connectivity index (χ0n) is 14.8. The van der Waals surface area contributed by atoms with Crippen LogP contribution in [0, 0.1) is 5.82 Å². The largest absolute Gasteiger partial charge is 0.378 e. The van der Waals surface area contributed by atoms with E-state index in [4.69, 9.17) is 16.2 Å². The van der Waals surface area contributed by atoms with Crippen molar-refractivity contribution in [3.05, 3.63) is 24.0 Å². The molecule has 1 aromatic carbocycles. The molecule has 140 valence electrons. The van der Waals surface area contributed by atoms with Crippen LogP contribution in [0.5, 0.6) is 0 Å². The van der Waals surface area contributed by atoms with Gasteiger partial charge in [-0.05, 0) is 43.9 Å². The molecule has 4 rings (SSSR count). The topological polar surface area (TPSA) is 92.5 Å². The van der Waals surface area contributed by atoms with Crippen LogP contribution in [0.1, 0.15) is 32.1 Å². The Bertz CT molecular complexity index is 737. The van der Waals surface area contributed by atoms with Gasteiger partial charge in [0.1, 0.15) is 11.5 Å². The molecule has 2 heterocycles. The van der Waals surface area contributed by atoms with E-state index < -0.39 is 5.66 Å². The van der Waals surface area contributed by atoms with E-state index in [9.17, 15) is 4.39 Å². The summed E-state index contributed by atoms with van der Waals surface area (Å²) in [5.74, 6) is 0.169. The fourth-order valence-electron chi connectivity index (χ4n) is 4.22. The van der Waals surface area contributed by atoms with Crippen molar-refractivity contribution in [3.63, 3.8) is 0 Å². The van der Waals surface area contributed by atoms with Crippen LogP contribution in [0.3, 0.4) is 0 Å². The van der Waals surface area contributed by atoms with Crippen molar-refractivity contribution in [1.82, 2.24) is 0 Å². The SMILES string of the molecule is NC1=NC2(CCCCC2)N(c2cc(F)ccc2N2CCOCC2)C(N)=N1. The second-order valence-electron chi connectivity index (χ2n) is 7.05. The molecular formula is C18H25FN6O. The molecule has 0 unspecified atom stereocenters. The van der Waals surface area contributed by atoms with Gasteiger partial charge in [0.15, 0.2) is 0 Å². The number of nitrogens with two attached hydrogens (primary N) is 2. The van der Waals surface area contributed by atoms with Crippen molar-refractivity contribution in [2.45, 2.75) is 37.8 Å². The first-order chi connectivity index (χ1) is 12.6. The normalized spacial score (nSPS) is 23.0. The van der Waals surface area contributed by atoms with Crippen LogP contribution in [0.4, 0.5) is 15.8 Å². The van der Waals surface area contributed by atoms with Crippen molar-refractivity contribution in [2.24, 2.45) is 21.5 Å². The van der Waals surface area contributed by atoms with Gasteiger partial charge in [-0.25, -0.2) is 9.38 Å². The summed E-state index contributed by atoms with van der Waals surface area (Å²) in [6.45, 7) is 2.80. The number of benzene rings is 1. The van der Waals surface area contributed by atoms with Crippen LogP contribution in [-0.2, 0) is 4.74 Å². The number of morpholine rings is 1. The monoisotopic (exact) mass is 360 g/mol. The Morgan fingerprint density at radius 1 is 1.04 bits per heavy atom. The van der Waals surface area contributed by atoms with Gasteiger partial charge in [-0.2, -0.15) is 4.99 Å². The number of anilines is 2. The first-order valence-electron chi connectivity index (χ1n) is 9.21. The lowest BCUT2D eigenvalue weighted by Crippen LogP contribution is -2.58. The van der Waals surface area contributed by atoms with Crippen LogP contribution in [0.2, 0.25) is 0 Å². The zero-order chi connectivity index (χ0) is 18.1. The third-order valence-electron chi connectivity index (χ3n) is 5.38. The summed E-state index contributed by atoms with van der Waals surface area (Å²) in [5, 5.41) is 0. The Morgan fingerprint density at radius 3 is 2.50 bits per heavy atom. The molecule has 2 fully saturated rings. The van der Waals surface area contributed by atoms with Gasteiger partial charge in [-0.15, -0.1) is 0 Å². The Balaban J connectivity index is 1.81. The quantitative estimate of drug-likeness (QED) is 0.839. The lowest BCUT2D eigenvalue weighted by atomic mass is 9.87. The standard InChI is InChI=1S/C18H25FN6O/c19-13-4-5-14(24-8-10-26-11-9-24)15(12-13)25-17(21)22-16(20)23-18(25)6-2-1-3-7-18/h4-5,12H,1-3,6-11H2,(H4,20,21,22,23). The van der Waals surface area contributed by atoms with Crippen molar-refractivity contribution in [2.75, 3.05) is 36.1 Å². The first kappa shape index (κ1) is 17.1. The third-order valence-corrected chi connectivity index (χ3v) is 5.38. The molecule has 0 aromatic heterocycles. The van der Waals surface area contributed by atoms with E-state index >= 15 is 0 Å². The molecule has 7 nitrogen and oxygen atoms in total. The molecular weight excluding hydrogens is 335 g/mol. The number of nitrogens with zero attached hydrogens (tertiary/aromatic N) is 4. The number of ether oxygens (including phenoxy) is 1. The van der Waals surface area contributed by atoms with Crippen molar-refractivity contribution in [1.29, 1.82) is 0 Å². The van der Waals surface area contributed by atoms with Gasteiger partial charge in [0.05, 0.1) is 24.6 Å². The Kier molecular flexibility index (Phi) is 4.44. The molecule has 4 N–H and O–H groups in total. The molecule has 0 atom stereocenters. The number of aliphatic imine (C=N–C) groups is 2.